The summed E-state index contributed by atoms with van der Waals surface area (Å²) >= 11 is 5.68. The molecule has 1 rings (SSSR count). The molecule has 0 aliphatic carbocycles. The zero-order chi connectivity index (χ0) is 10.6. The van der Waals surface area contributed by atoms with Gasteiger partial charge in [0.15, 0.2) is 5.22 Å². The van der Waals surface area contributed by atoms with Crippen molar-refractivity contribution in [3.63, 3.8) is 0 Å². The lowest BCUT2D eigenvalue weighted by Crippen LogP contribution is -2.13. The van der Waals surface area contributed by atoms with Gasteiger partial charge in [0.1, 0.15) is 5.76 Å². The van der Waals surface area contributed by atoms with Crippen LogP contribution in [0.25, 0.3) is 0 Å². The van der Waals surface area contributed by atoms with E-state index in [2.05, 4.69) is 13.8 Å². The molecule has 2 nitrogen and oxygen atoms in total. The SMILES string of the molecule is CCCC(C)CC(N)c1ccc(Cl)o1. The van der Waals surface area contributed by atoms with Gasteiger partial charge in [-0.1, -0.05) is 26.7 Å². The average Bonchev–Trinajstić information content (AvgIpc) is 2.52. The molecule has 1 heterocycles. The minimum Gasteiger partial charge on any atom is -0.448 e. The molecule has 0 amide bonds. The molecular weight excluding hydrogens is 198 g/mol. The fourth-order valence-electron chi connectivity index (χ4n) is 1.69. The second kappa shape index (κ2) is 5.42. The van der Waals surface area contributed by atoms with Gasteiger partial charge in [0.2, 0.25) is 0 Å². The predicted molar refractivity (Wildman–Crippen MR) is 59.3 cm³/mol. The maximum absolute atomic E-state index is 5.99. The molecule has 0 saturated carbocycles. The molecule has 0 radical (unpaired) electrons. The van der Waals surface area contributed by atoms with Gasteiger partial charge in [-0.25, -0.2) is 0 Å². The molecule has 2 atom stereocenters. The first-order valence-electron chi connectivity index (χ1n) is 5.14. The van der Waals surface area contributed by atoms with Crippen LogP contribution in [0.4, 0.5) is 0 Å². The molecule has 80 valence electrons. The van der Waals surface area contributed by atoms with Crippen molar-refractivity contribution >= 4 is 11.6 Å². The molecular formula is C11H18ClNO. The number of hydrogen-bond donors (Lipinski definition) is 1. The maximum Gasteiger partial charge on any atom is 0.193 e. The first-order valence-corrected chi connectivity index (χ1v) is 5.52. The zero-order valence-corrected chi connectivity index (χ0v) is 9.55. The molecule has 0 aliphatic rings. The van der Waals surface area contributed by atoms with Crippen LogP contribution >= 0.6 is 11.6 Å². The highest BCUT2D eigenvalue weighted by Crippen LogP contribution is 2.24. The van der Waals surface area contributed by atoms with Crippen molar-refractivity contribution in [2.24, 2.45) is 11.7 Å². The smallest absolute Gasteiger partial charge is 0.193 e. The molecule has 2 unspecified atom stereocenters. The fraction of sp³-hybridized carbons (Fsp3) is 0.636. The minimum atomic E-state index is -0.0240. The van der Waals surface area contributed by atoms with E-state index in [-0.39, 0.29) is 6.04 Å². The van der Waals surface area contributed by atoms with E-state index in [1.807, 2.05) is 6.07 Å². The van der Waals surface area contributed by atoms with Crippen LogP contribution in [0.5, 0.6) is 0 Å². The van der Waals surface area contributed by atoms with Gasteiger partial charge in [-0.05, 0) is 36.1 Å². The van der Waals surface area contributed by atoms with Crippen molar-refractivity contribution < 1.29 is 4.42 Å². The average molecular weight is 216 g/mol. The van der Waals surface area contributed by atoms with Crippen molar-refractivity contribution in [3.05, 3.63) is 23.1 Å². The lowest BCUT2D eigenvalue weighted by Gasteiger charge is -2.14. The molecule has 0 aliphatic heterocycles. The van der Waals surface area contributed by atoms with Gasteiger partial charge in [0.25, 0.3) is 0 Å². The Bertz CT molecular complexity index is 272. The van der Waals surface area contributed by atoms with Crippen molar-refractivity contribution in [3.8, 4) is 0 Å². The molecule has 14 heavy (non-hydrogen) atoms. The van der Waals surface area contributed by atoms with Crippen LogP contribution in [0.15, 0.2) is 16.5 Å². The molecule has 0 aromatic carbocycles. The van der Waals surface area contributed by atoms with E-state index >= 15 is 0 Å². The van der Waals surface area contributed by atoms with Gasteiger partial charge in [-0.2, -0.15) is 0 Å². The van der Waals surface area contributed by atoms with E-state index in [9.17, 15) is 0 Å². The van der Waals surface area contributed by atoms with Crippen molar-refractivity contribution in [1.82, 2.24) is 0 Å². The predicted octanol–water partition coefficient (Wildman–Crippen LogP) is 3.76. The third kappa shape index (κ3) is 3.35. The summed E-state index contributed by atoms with van der Waals surface area (Å²) in [4.78, 5) is 0. The first-order chi connectivity index (χ1) is 6.63. The Morgan fingerprint density at radius 3 is 2.71 bits per heavy atom. The molecule has 1 aromatic rings. The first kappa shape index (κ1) is 11.6. The quantitative estimate of drug-likeness (QED) is 0.813. The normalized spacial score (nSPS) is 15.4. The van der Waals surface area contributed by atoms with Crippen LogP contribution < -0.4 is 5.73 Å². The van der Waals surface area contributed by atoms with E-state index in [0.29, 0.717) is 11.1 Å². The summed E-state index contributed by atoms with van der Waals surface area (Å²) < 4.78 is 5.26. The van der Waals surface area contributed by atoms with Crippen LogP contribution in [0.1, 0.15) is 44.9 Å². The monoisotopic (exact) mass is 215 g/mol. The van der Waals surface area contributed by atoms with Crippen LogP contribution in [-0.2, 0) is 0 Å². The highest BCUT2D eigenvalue weighted by Gasteiger charge is 2.13. The summed E-state index contributed by atoms with van der Waals surface area (Å²) in [6, 6.07) is 3.57. The zero-order valence-electron chi connectivity index (χ0n) is 8.79. The highest BCUT2D eigenvalue weighted by atomic mass is 35.5. The van der Waals surface area contributed by atoms with Gasteiger partial charge in [0.05, 0.1) is 6.04 Å². The van der Waals surface area contributed by atoms with Crippen molar-refractivity contribution in [1.29, 1.82) is 0 Å². The van der Waals surface area contributed by atoms with Gasteiger partial charge in [-0.15, -0.1) is 0 Å². The van der Waals surface area contributed by atoms with Gasteiger partial charge in [-0.3, -0.25) is 0 Å². The molecule has 0 bridgehead atoms. The molecule has 3 heteroatoms. The third-order valence-corrected chi connectivity index (χ3v) is 2.60. The van der Waals surface area contributed by atoms with Gasteiger partial charge < -0.3 is 10.2 Å². The Hall–Kier alpha value is -0.470. The number of furan rings is 1. The Morgan fingerprint density at radius 2 is 2.21 bits per heavy atom. The van der Waals surface area contributed by atoms with E-state index in [0.717, 1.165) is 12.2 Å². The molecule has 0 spiro atoms. The summed E-state index contributed by atoms with van der Waals surface area (Å²) in [5.41, 5.74) is 5.99. The third-order valence-electron chi connectivity index (χ3n) is 2.40. The van der Waals surface area contributed by atoms with E-state index < -0.39 is 0 Å². The summed E-state index contributed by atoms with van der Waals surface area (Å²) in [6.45, 7) is 4.40. The lowest BCUT2D eigenvalue weighted by molar-refractivity contribution is 0.388. The summed E-state index contributed by atoms with van der Waals surface area (Å²) in [5.74, 6) is 1.43. The standard InChI is InChI=1S/C11H18ClNO/c1-3-4-8(2)7-9(13)10-5-6-11(12)14-10/h5-6,8-9H,3-4,7,13H2,1-2H3. The maximum atomic E-state index is 5.99. The number of nitrogens with two attached hydrogens (primary N) is 1. The highest BCUT2D eigenvalue weighted by molar-refractivity contribution is 6.28. The Balaban J connectivity index is 2.45. The second-order valence-electron chi connectivity index (χ2n) is 3.88. The van der Waals surface area contributed by atoms with E-state index in [1.54, 1.807) is 6.07 Å². The van der Waals surface area contributed by atoms with Crippen molar-refractivity contribution in [2.75, 3.05) is 0 Å². The second-order valence-corrected chi connectivity index (χ2v) is 4.25. The summed E-state index contributed by atoms with van der Waals surface area (Å²) in [5, 5.41) is 0.415. The summed E-state index contributed by atoms with van der Waals surface area (Å²) in [6.07, 6.45) is 3.37. The molecule has 2 N–H and O–H groups in total. The molecule has 0 fully saturated rings. The van der Waals surface area contributed by atoms with Crippen LogP contribution in [0, 0.1) is 5.92 Å². The van der Waals surface area contributed by atoms with E-state index in [4.69, 9.17) is 21.8 Å². The Morgan fingerprint density at radius 1 is 1.50 bits per heavy atom. The van der Waals surface area contributed by atoms with Crippen LogP contribution in [0.3, 0.4) is 0 Å². The van der Waals surface area contributed by atoms with E-state index in [1.165, 1.54) is 12.8 Å². The number of rotatable bonds is 5. The van der Waals surface area contributed by atoms with Gasteiger partial charge in [0, 0.05) is 0 Å². The fourth-order valence-corrected chi connectivity index (χ4v) is 1.84. The molecule has 1 aromatic heterocycles. The van der Waals surface area contributed by atoms with Crippen molar-refractivity contribution in [2.45, 2.75) is 39.2 Å². The Kier molecular flexibility index (Phi) is 4.49. The topological polar surface area (TPSA) is 39.2 Å². The largest absolute Gasteiger partial charge is 0.448 e. The van der Waals surface area contributed by atoms with Crippen LogP contribution in [-0.4, -0.2) is 0 Å². The number of hydrogen-bond acceptors (Lipinski definition) is 2. The van der Waals surface area contributed by atoms with Crippen LogP contribution in [0.2, 0.25) is 5.22 Å². The molecule has 0 saturated heterocycles. The van der Waals surface area contributed by atoms with Gasteiger partial charge >= 0.3 is 0 Å². The summed E-state index contributed by atoms with van der Waals surface area (Å²) in [7, 11) is 0. The minimum absolute atomic E-state index is 0.0240. The number of halogens is 1. The lowest BCUT2D eigenvalue weighted by atomic mass is 9.97. The Labute approximate surface area is 90.4 Å².